The number of hydrogen-bond acceptors (Lipinski definition) is 1. The second-order valence-corrected chi connectivity index (χ2v) is 6.53. The molecular formula is C16H27NO. The predicted octanol–water partition coefficient (Wildman–Crippen LogP) is 3.65. The smallest absolute Gasteiger partial charge is 0.226 e. The molecule has 2 heteroatoms. The zero-order chi connectivity index (χ0) is 13.8. The van der Waals surface area contributed by atoms with Gasteiger partial charge in [0.05, 0.1) is 0 Å². The van der Waals surface area contributed by atoms with Crippen molar-refractivity contribution in [1.82, 2.24) is 4.90 Å². The molecule has 0 saturated carbocycles. The molecule has 2 atom stereocenters. The lowest BCUT2D eigenvalue weighted by molar-refractivity contribution is -0.131. The van der Waals surface area contributed by atoms with Crippen LogP contribution in [0.3, 0.4) is 0 Å². The minimum absolute atomic E-state index is 0.185. The van der Waals surface area contributed by atoms with Gasteiger partial charge in [0, 0.05) is 19.0 Å². The number of nitrogens with zero attached hydrogens (tertiary/aromatic N) is 1. The molecule has 0 radical (unpaired) electrons. The topological polar surface area (TPSA) is 20.3 Å². The summed E-state index contributed by atoms with van der Waals surface area (Å²) in [6.45, 7) is 15.7. The average molecular weight is 249 g/mol. The molecule has 0 aromatic rings. The molecule has 0 N–H and O–H groups in total. The van der Waals surface area contributed by atoms with Gasteiger partial charge in [0.15, 0.2) is 0 Å². The number of rotatable bonds is 6. The SMILES string of the molecule is C=CCC[C@@H]1CN(CC=C)C(=O)[C@H]1CC(C)(C)C. The summed E-state index contributed by atoms with van der Waals surface area (Å²) in [4.78, 5) is 14.4. The van der Waals surface area contributed by atoms with E-state index in [1.165, 1.54) is 0 Å². The van der Waals surface area contributed by atoms with E-state index in [-0.39, 0.29) is 11.3 Å². The van der Waals surface area contributed by atoms with Gasteiger partial charge in [0.2, 0.25) is 5.91 Å². The van der Waals surface area contributed by atoms with Crippen LogP contribution in [0.5, 0.6) is 0 Å². The van der Waals surface area contributed by atoms with Gasteiger partial charge in [-0.3, -0.25) is 4.79 Å². The van der Waals surface area contributed by atoms with Gasteiger partial charge in [-0.05, 0) is 30.6 Å². The van der Waals surface area contributed by atoms with Crippen molar-refractivity contribution in [1.29, 1.82) is 0 Å². The third-order valence-electron chi connectivity index (χ3n) is 3.58. The lowest BCUT2D eigenvalue weighted by Gasteiger charge is -2.25. The van der Waals surface area contributed by atoms with Gasteiger partial charge in [0.25, 0.3) is 0 Å². The highest BCUT2D eigenvalue weighted by Gasteiger charge is 2.40. The van der Waals surface area contributed by atoms with Gasteiger partial charge in [-0.25, -0.2) is 0 Å². The monoisotopic (exact) mass is 249 g/mol. The fourth-order valence-electron chi connectivity index (χ4n) is 2.79. The quantitative estimate of drug-likeness (QED) is 0.658. The van der Waals surface area contributed by atoms with Crippen molar-refractivity contribution >= 4 is 5.91 Å². The Balaban J connectivity index is 2.75. The number of carbonyl (C=O) groups is 1. The van der Waals surface area contributed by atoms with Crippen LogP contribution in [-0.2, 0) is 4.79 Å². The zero-order valence-electron chi connectivity index (χ0n) is 12.1. The Morgan fingerprint density at radius 1 is 1.33 bits per heavy atom. The molecule has 1 aliphatic heterocycles. The molecule has 0 aliphatic carbocycles. The molecule has 1 amide bonds. The third-order valence-corrected chi connectivity index (χ3v) is 3.58. The molecule has 0 aromatic heterocycles. The second-order valence-electron chi connectivity index (χ2n) is 6.53. The molecule has 102 valence electrons. The molecule has 0 unspecified atom stereocenters. The van der Waals surface area contributed by atoms with E-state index in [0.717, 1.165) is 25.8 Å². The summed E-state index contributed by atoms with van der Waals surface area (Å²) in [6.07, 6.45) is 6.82. The lowest BCUT2D eigenvalue weighted by atomic mass is 9.78. The van der Waals surface area contributed by atoms with Crippen LogP contribution in [0.2, 0.25) is 0 Å². The summed E-state index contributed by atoms with van der Waals surface area (Å²) in [5, 5.41) is 0. The van der Waals surface area contributed by atoms with E-state index in [1.54, 1.807) is 0 Å². The Bertz CT molecular complexity index is 314. The summed E-state index contributed by atoms with van der Waals surface area (Å²) in [5.41, 5.74) is 0.205. The summed E-state index contributed by atoms with van der Waals surface area (Å²) >= 11 is 0. The number of carbonyl (C=O) groups excluding carboxylic acids is 1. The maximum absolute atomic E-state index is 12.4. The van der Waals surface area contributed by atoms with E-state index in [0.29, 0.717) is 18.4 Å². The van der Waals surface area contributed by atoms with Crippen LogP contribution in [0, 0.1) is 17.3 Å². The molecule has 0 spiro atoms. The third kappa shape index (κ3) is 4.01. The molecular weight excluding hydrogens is 222 g/mol. The number of allylic oxidation sites excluding steroid dienone is 1. The van der Waals surface area contributed by atoms with Crippen LogP contribution in [0.4, 0.5) is 0 Å². The van der Waals surface area contributed by atoms with Gasteiger partial charge in [0.1, 0.15) is 0 Å². The lowest BCUT2D eigenvalue weighted by Crippen LogP contribution is -2.29. The Morgan fingerprint density at radius 2 is 2.00 bits per heavy atom. The summed E-state index contributed by atoms with van der Waals surface area (Å²) < 4.78 is 0. The van der Waals surface area contributed by atoms with Crippen LogP contribution < -0.4 is 0 Å². The van der Waals surface area contributed by atoms with Crippen LogP contribution in [-0.4, -0.2) is 23.9 Å². The van der Waals surface area contributed by atoms with E-state index in [4.69, 9.17) is 0 Å². The predicted molar refractivity (Wildman–Crippen MR) is 77.3 cm³/mol. The van der Waals surface area contributed by atoms with Crippen molar-refractivity contribution in [3.05, 3.63) is 25.3 Å². The molecule has 18 heavy (non-hydrogen) atoms. The van der Waals surface area contributed by atoms with Crippen molar-refractivity contribution in [2.75, 3.05) is 13.1 Å². The van der Waals surface area contributed by atoms with Crippen molar-refractivity contribution in [2.24, 2.45) is 17.3 Å². The van der Waals surface area contributed by atoms with Crippen LogP contribution in [0.1, 0.15) is 40.0 Å². The van der Waals surface area contributed by atoms with Crippen molar-refractivity contribution in [3.8, 4) is 0 Å². The number of amides is 1. The molecule has 2 nitrogen and oxygen atoms in total. The van der Waals surface area contributed by atoms with E-state index in [9.17, 15) is 4.79 Å². The van der Waals surface area contributed by atoms with E-state index >= 15 is 0 Å². The first-order chi connectivity index (χ1) is 8.39. The first-order valence-electron chi connectivity index (χ1n) is 6.89. The highest BCUT2D eigenvalue weighted by molar-refractivity contribution is 5.81. The number of likely N-dealkylation sites (tertiary alicyclic amines) is 1. The van der Waals surface area contributed by atoms with E-state index in [2.05, 4.69) is 33.9 Å². The zero-order valence-corrected chi connectivity index (χ0v) is 12.1. The second kappa shape index (κ2) is 6.21. The standard InChI is InChI=1S/C16H27NO/c1-6-8-9-13-12-17(10-7-2)15(18)14(13)11-16(3,4)5/h6-7,13-14H,1-2,8-12H2,3-5H3/t13-,14+/m1/s1. The van der Waals surface area contributed by atoms with Gasteiger partial charge in [-0.15, -0.1) is 13.2 Å². The molecule has 1 rings (SSSR count). The van der Waals surface area contributed by atoms with E-state index < -0.39 is 0 Å². The summed E-state index contributed by atoms with van der Waals surface area (Å²) in [6, 6.07) is 0. The minimum Gasteiger partial charge on any atom is -0.338 e. The van der Waals surface area contributed by atoms with Gasteiger partial charge in [-0.1, -0.05) is 32.9 Å². The molecule has 0 bridgehead atoms. The molecule has 0 aromatic carbocycles. The Hall–Kier alpha value is -1.05. The maximum Gasteiger partial charge on any atom is 0.226 e. The summed E-state index contributed by atoms with van der Waals surface area (Å²) in [7, 11) is 0. The van der Waals surface area contributed by atoms with Crippen molar-refractivity contribution in [2.45, 2.75) is 40.0 Å². The molecule has 1 heterocycles. The Kier molecular flexibility index (Phi) is 5.18. The first-order valence-corrected chi connectivity index (χ1v) is 6.89. The Morgan fingerprint density at radius 3 is 2.50 bits per heavy atom. The van der Waals surface area contributed by atoms with Crippen molar-refractivity contribution < 1.29 is 4.79 Å². The van der Waals surface area contributed by atoms with Crippen LogP contribution >= 0.6 is 0 Å². The maximum atomic E-state index is 12.4. The van der Waals surface area contributed by atoms with Crippen molar-refractivity contribution in [3.63, 3.8) is 0 Å². The fourth-order valence-corrected chi connectivity index (χ4v) is 2.79. The molecule has 1 fully saturated rings. The fraction of sp³-hybridized carbons (Fsp3) is 0.688. The molecule has 1 saturated heterocycles. The van der Waals surface area contributed by atoms with Gasteiger partial charge in [-0.2, -0.15) is 0 Å². The van der Waals surface area contributed by atoms with Gasteiger partial charge >= 0.3 is 0 Å². The minimum atomic E-state index is 0.185. The normalized spacial score (nSPS) is 24.4. The average Bonchev–Trinajstić information content (AvgIpc) is 2.54. The largest absolute Gasteiger partial charge is 0.338 e. The highest BCUT2D eigenvalue weighted by atomic mass is 16.2. The highest BCUT2D eigenvalue weighted by Crippen LogP contribution is 2.37. The van der Waals surface area contributed by atoms with Crippen LogP contribution in [0.15, 0.2) is 25.3 Å². The summed E-state index contributed by atoms with van der Waals surface area (Å²) in [5.74, 6) is 0.985. The van der Waals surface area contributed by atoms with Gasteiger partial charge < -0.3 is 4.90 Å². The van der Waals surface area contributed by atoms with E-state index in [1.807, 2.05) is 17.1 Å². The number of hydrogen-bond donors (Lipinski definition) is 0. The Labute approximate surface area is 112 Å². The first kappa shape index (κ1) is 15.0. The molecule has 1 aliphatic rings. The van der Waals surface area contributed by atoms with Crippen LogP contribution in [0.25, 0.3) is 0 Å².